The zero-order valence-corrected chi connectivity index (χ0v) is 21.7. The van der Waals surface area contributed by atoms with Crippen LogP contribution in [0.1, 0.15) is 35.0 Å². The molecule has 0 fully saturated rings. The van der Waals surface area contributed by atoms with E-state index in [2.05, 4.69) is 15.3 Å². The number of aromatic nitrogens is 2. The first-order chi connectivity index (χ1) is 19.6. The zero-order chi connectivity index (χ0) is 29.3. The van der Waals surface area contributed by atoms with Gasteiger partial charge in [-0.25, -0.2) is 13.8 Å². The summed E-state index contributed by atoms with van der Waals surface area (Å²) in [5.41, 5.74) is 8.51. The van der Waals surface area contributed by atoms with E-state index in [1.807, 2.05) is 6.07 Å². The number of nitrogens with zero attached hydrogens (tertiary/aromatic N) is 2. The molecule has 212 valence electrons. The van der Waals surface area contributed by atoms with E-state index in [0.29, 0.717) is 11.0 Å². The highest BCUT2D eigenvalue weighted by molar-refractivity contribution is 5.91. The van der Waals surface area contributed by atoms with Crippen LogP contribution in [0, 0.1) is 11.6 Å². The predicted molar refractivity (Wildman–Crippen MR) is 143 cm³/mol. The Hall–Kier alpha value is -4.84. The number of fused-ring (bicyclic) bond motifs is 2. The summed E-state index contributed by atoms with van der Waals surface area (Å²) in [4.78, 5) is 47.7. The van der Waals surface area contributed by atoms with Gasteiger partial charge >= 0.3 is 5.97 Å². The third-order valence-electron chi connectivity index (χ3n) is 7.13. The monoisotopic (exact) mass is 563 g/mol. The second-order valence-corrected chi connectivity index (χ2v) is 9.95. The molecule has 10 nitrogen and oxygen atoms in total. The summed E-state index contributed by atoms with van der Waals surface area (Å²) in [5.74, 6) is -4.98. The molecular weight excluding hydrogens is 536 g/mol. The molecule has 0 radical (unpaired) electrons. The van der Waals surface area contributed by atoms with Gasteiger partial charge in [0.1, 0.15) is 29.3 Å². The maximum Gasteiger partial charge on any atom is 0.305 e. The summed E-state index contributed by atoms with van der Waals surface area (Å²) in [6.45, 7) is 0.00949. The normalized spacial score (nSPS) is 16.2. The molecular formula is C29H27F2N5O5. The van der Waals surface area contributed by atoms with Gasteiger partial charge in [-0.2, -0.15) is 0 Å². The molecule has 1 aliphatic heterocycles. The quantitative estimate of drug-likeness (QED) is 0.220. The number of phenols is 1. The highest BCUT2D eigenvalue weighted by Crippen LogP contribution is 2.27. The standard InChI is InChI=1S/C29H27F2N5O5/c30-19-10-17(37)11-20(31)18(19)12-21(32)29(41)36-14-16-6-2-1-5-15(16)9-25(36)28(40)35-24(13-26(38)39)27-33-22-7-3-4-8-23(22)34-27/h1-8,10-11,21,24-25,37H,9,12-14,32H2,(H,33,34)(H,35,40)(H,38,39)/t21-,24-,25-/m0/s1. The number of carbonyl (C=O) groups is 3. The van der Waals surface area contributed by atoms with E-state index in [1.165, 1.54) is 4.90 Å². The molecule has 6 N–H and O–H groups in total. The van der Waals surface area contributed by atoms with Crippen molar-refractivity contribution >= 4 is 28.8 Å². The van der Waals surface area contributed by atoms with E-state index in [-0.39, 0.29) is 18.8 Å². The second kappa shape index (κ2) is 11.3. The number of nitrogens with one attached hydrogen (secondary N) is 2. The van der Waals surface area contributed by atoms with E-state index in [9.17, 15) is 33.4 Å². The molecule has 41 heavy (non-hydrogen) atoms. The number of aliphatic carboxylic acids is 1. The van der Waals surface area contributed by atoms with Crippen LogP contribution in [0.5, 0.6) is 5.75 Å². The number of carboxylic acids is 1. The van der Waals surface area contributed by atoms with Crippen molar-refractivity contribution in [2.24, 2.45) is 5.73 Å². The fraction of sp³-hybridized carbons (Fsp3) is 0.241. The number of aromatic amines is 1. The zero-order valence-electron chi connectivity index (χ0n) is 21.7. The van der Waals surface area contributed by atoms with Crippen LogP contribution in [0.15, 0.2) is 60.7 Å². The van der Waals surface area contributed by atoms with Crippen LogP contribution < -0.4 is 11.1 Å². The summed E-state index contributed by atoms with van der Waals surface area (Å²) in [7, 11) is 0. The molecule has 0 aliphatic carbocycles. The van der Waals surface area contributed by atoms with Gasteiger partial charge in [0.2, 0.25) is 11.8 Å². The molecule has 0 bridgehead atoms. The Morgan fingerprint density at radius 2 is 1.73 bits per heavy atom. The minimum Gasteiger partial charge on any atom is -0.508 e. The number of hydrogen-bond acceptors (Lipinski definition) is 6. The van der Waals surface area contributed by atoms with Gasteiger partial charge in [0, 0.05) is 37.1 Å². The number of para-hydroxylation sites is 2. The number of halogens is 2. The van der Waals surface area contributed by atoms with E-state index >= 15 is 0 Å². The van der Waals surface area contributed by atoms with Crippen LogP contribution >= 0.6 is 0 Å². The fourth-order valence-corrected chi connectivity index (χ4v) is 5.09. The summed E-state index contributed by atoms with van der Waals surface area (Å²) in [6, 6.07) is 12.2. The Balaban J connectivity index is 1.42. The molecule has 3 aromatic carbocycles. The molecule has 0 spiro atoms. The van der Waals surface area contributed by atoms with Crippen LogP contribution in [-0.4, -0.2) is 54.9 Å². The SMILES string of the molecule is N[C@@H](Cc1c(F)cc(O)cc1F)C(=O)N1Cc2ccccc2C[C@H]1C(=O)N[C@@H](CC(=O)O)c1nc2ccccc2[nH]1. The maximum absolute atomic E-state index is 14.4. The summed E-state index contributed by atoms with van der Waals surface area (Å²) < 4.78 is 28.7. The molecule has 3 atom stereocenters. The van der Waals surface area contributed by atoms with Gasteiger partial charge in [-0.05, 0) is 23.3 Å². The number of phenolic OH excluding ortho intramolecular Hbond substituents is 1. The molecule has 0 saturated carbocycles. The number of carbonyl (C=O) groups excluding carboxylic acids is 2. The minimum absolute atomic E-state index is 0.00949. The van der Waals surface area contributed by atoms with Crippen LogP contribution in [-0.2, 0) is 33.8 Å². The number of benzene rings is 3. The van der Waals surface area contributed by atoms with Gasteiger partial charge in [-0.15, -0.1) is 0 Å². The second-order valence-electron chi connectivity index (χ2n) is 9.95. The van der Waals surface area contributed by atoms with E-state index in [4.69, 9.17) is 5.73 Å². The minimum atomic E-state index is -1.41. The van der Waals surface area contributed by atoms with Crippen LogP contribution in [0.4, 0.5) is 8.78 Å². The van der Waals surface area contributed by atoms with Gasteiger partial charge in [0.15, 0.2) is 0 Å². The molecule has 2 amide bonds. The lowest BCUT2D eigenvalue weighted by atomic mass is 9.92. The van der Waals surface area contributed by atoms with E-state index < -0.39 is 71.7 Å². The van der Waals surface area contributed by atoms with Crippen molar-refractivity contribution in [3.8, 4) is 5.75 Å². The smallest absolute Gasteiger partial charge is 0.305 e. The van der Waals surface area contributed by atoms with Crippen LogP contribution in [0.2, 0.25) is 0 Å². The number of rotatable bonds is 8. The van der Waals surface area contributed by atoms with Gasteiger partial charge < -0.3 is 31.1 Å². The number of imidazole rings is 1. The van der Waals surface area contributed by atoms with E-state index in [1.54, 1.807) is 42.5 Å². The third-order valence-corrected chi connectivity index (χ3v) is 7.13. The number of hydrogen-bond donors (Lipinski definition) is 5. The Labute approximate surface area is 232 Å². The van der Waals surface area contributed by atoms with Crippen molar-refractivity contribution < 1.29 is 33.4 Å². The summed E-state index contributed by atoms with van der Waals surface area (Å²) >= 11 is 0. The Morgan fingerprint density at radius 1 is 1.07 bits per heavy atom. The predicted octanol–water partition coefficient (Wildman–Crippen LogP) is 2.70. The highest BCUT2D eigenvalue weighted by atomic mass is 19.1. The van der Waals surface area contributed by atoms with Gasteiger partial charge in [-0.3, -0.25) is 14.4 Å². The average Bonchev–Trinajstić information content (AvgIpc) is 3.37. The third kappa shape index (κ3) is 5.87. The Kier molecular flexibility index (Phi) is 7.66. The number of carboxylic acid groups (broad SMARTS) is 1. The number of H-pyrrole nitrogens is 1. The summed E-state index contributed by atoms with van der Waals surface area (Å²) in [6.07, 6.45) is -0.867. The Morgan fingerprint density at radius 3 is 2.41 bits per heavy atom. The van der Waals surface area contributed by atoms with Gasteiger partial charge in [0.25, 0.3) is 0 Å². The largest absolute Gasteiger partial charge is 0.508 e. The molecule has 0 saturated heterocycles. The molecule has 4 aromatic rings. The lowest BCUT2D eigenvalue weighted by Crippen LogP contribution is -2.57. The highest BCUT2D eigenvalue weighted by Gasteiger charge is 2.38. The maximum atomic E-state index is 14.4. The first kappa shape index (κ1) is 27.7. The number of aromatic hydroxyl groups is 1. The van der Waals surface area contributed by atoms with Gasteiger partial charge in [-0.1, -0.05) is 36.4 Å². The molecule has 0 unspecified atom stereocenters. The average molecular weight is 564 g/mol. The fourth-order valence-electron chi connectivity index (χ4n) is 5.09. The topological polar surface area (TPSA) is 162 Å². The molecule has 5 rings (SSSR count). The van der Waals surface area contributed by atoms with Crippen molar-refractivity contribution in [2.75, 3.05) is 0 Å². The van der Waals surface area contributed by atoms with Crippen molar-refractivity contribution in [1.82, 2.24) is 20.2 Å². The van der Waals surface area contributed by atoms with Gasteiger partial charge in [0.05, 0.1) is 29.5 Å². The van der Waals surface area contributed by atoms with Crippen LogP contribution in [0.25, 0.3) is 11.0 Å². The molecule has 1 aliphatic rings. The van der Waals surface area contributed by atoms with Crippen molar-refractivity contribution in [3.63, 3.8) is 0 Å². The first-order valence-electron chi connectivity index (χ1n) is 12.9. The first-order valence-corrected chi connectivity index (χ1v) is 12.9. The van der Waals surface area contributed by atoms with Crippen molar-refractivity contribution in [1.29, 1.82) is 0 Å². The molecule has 1 aromatic heterocycles. The van der Waals surface area contributed by atoms with Crippen LogP contribution in [0.3, 0.4) is 0 Å². The lowest BCUT2D eigenvalue weighted by molar-refractivity contribution is -0.144. The van der Waals surface area contributed by atoms with E-state index in [0.717, 1.165) is 23.3 Å². The lowest BCUT2D eigenvalue weighted by Gasteiger charge is -2.38. The molecule has 2 heterocycles. The number of nitrogens with two attached hydrogens (primary N) is 1. The number of amides is 2. The molecule has 12 heteroatoms. The summed E-state index contributed by atoms with van der Waals surface area (Å²) in [5, 5.41) is 21.7. The van der Waals surface area contributed by atoms with Crippen molar-refractivity contribution in [3.05, 3.63) is 94.8 Å². The van der Waals surface area contributed by atoms with Crippen molar-refractivity contribution in [2.45, 2.75) is 43.9 Å². The Bertz CT molecular complexity index is 1580.